The lowest BCUT2D eigenvalue weighted by Gasteiger charge is -2.12. The van der Waals surface area contributed by atoms with Gasteiger partial charge in [-0.3, -0.25) is 14.3 Å². The Morgan fingerprint density at radius 3 is 2.91 bits per heavy atom. The smallest absolute Gasteiger partial charge is 0.316 e. The molecule has 1 aliphatic heterocycles. The number of hydrogen-bond acceptors (Lipinski definition) is 5. The molecule has 2 fully saturated rings. The van der Waals surface area contributed by atoms with Gasteiger partial charge in [-0.25, -0.2) is 4.79 Å². The second-order valence-electron chi connectivity index (χ2n) is 6.22. The zero-order chi connectivity index (χ0) is 16.0. The summed E-state index contributed by atoms with van der Waals surface area (Å²) in [5.41, 5.74) is 1.71. The largest absolute Gasteiger partial charge is 0.438 e. The highest BCUT2D eigenvalue weighted by Gasteiger charge is 2.46. The van der Waals surface area contributed by atoms with Gasteiger partial charge in [0.05, 0.1) is 0 Å². The highest BCUT2D eigenvalue weighted by molar-refractivity contribution is 6.31. The highest BCUT2D eigenvalue weighted by Crippen LogP contribution is 2.47. The molecule has 23 heavy (non-hydrogen) atoms. The molecule has 0 amide bonds. The summed E-state index contributed by atoms with van der Waals surface area (Å²) in [6.07, 6.45) is 1.74. The zero-order valence-corrected chi connectivity index (χ0v) is 13.1. The van der Waals surface area contributed by atoms with Gasteiger partial charge in [0.15, 0.2) is 11.6 Å². The van der Waals surface area contributed by atoms with Crippen molar-refractivity contribution >= 4 is 17.4 Å². The summed E-state index contributed by atoms with van der Waals surface area (Å²) in [4.78, 5) is 26.1. The van der Waals surface area contributed by atoms with Crippen LogP contribution >= 0.6 is 11.6 Å². The Hall–Kier alpha value is -1.92. The first-order chi connectivity index (χ1) is 11.1. The van der Waals surface area contributed by atoms with Crippen LogP contribution in [-0.4, -0.2) is 29.0 Å². The molecule has 6 nitrogen and oxygen atoms in total. The third-order valence-corrected chi connectivity index (χ3v) is 5.05. The lowest BCUT2D eigenvalue weighted by Crippen LogP contribution is -2.09. The van der Waals surface area contributed by atoms with E-state index in [0.29, 0.717) is 28.7 Å². The summed E-state index contributed by atoms with van der Waals surface area (Å²) in [5, 5.41) is 7.63. The third-order valence-electron chi connectivity index (χ3n) is 4.72. The van der Waals surface area contributed by atoms with E-state index in [0.717, 1.165) is 25.1 Å². The van der Waals surface area contributed by atoms with E-state index in [4.69, 9.17) is 11.6 Å². The first-order valence-electron chi connectivity index (χ1n) is 7.74. The summed E-state index contributed by atoms with van der Waals surface area (Å²) in [6, 6.07) is 5.57. The van der Waals surface area contributed by atoms with Gasteiger partial charge in [0.25, 0.3) is 0 Å². The normalized spacial score (nSPS) is 26.4. The number of nitrogens with one attached hydrogen (secondary N) is 2. The number of aromatic amines is 1. The molecule has 120 valence electrons. The topological polar surface area (TPSA) is 88.0 Å². The molecule has 1 saturated carbocycles. The molecule has 2 N–H and O–H groups in total. The van der Waals surface area contributed by atoms with Crippen molar-refractivity contribution in [2.24, 2.45) is 5.92 Å². The minimum Gasteiger partial charge on any atom is -0.316 e. The molecule has 0 spiro atoms. The Bertz CT molecular complexity index is 807. The number of aromatic nitrogens is 2. The fraction of sp³-hybridized carbons (Fsp3) is 0.438. The number of carbonyl (C=O) groups excluding carboxylic acids is 1. The summed E-state index contributed by atoms with van der Waals surface area (Å²) >= 11 is 6.38. The molecule has 0 radical (unpaired) electrons. The molecular formula is C16H16ClN3O3. The lowest BCUT2D eigenvalue weighted by molar-refractivity contribution is 0.0964. The molecule has 0 bridgehead atoms. The van der Waals surface area contributed by atoms with Crippen molar-refractivity contribution in [2.75, 3.05) is 13.1 Å². The molecular weight excluding hydrogens is 318 g/mol. The average molecular weight is 334 g/mol. The van der Waals surface area contributed by atoms with Crippen molar-refractivity contribution in [2.45, 2.75) is 24.7 Å². The number of Topliss-reactive ketones (excluding diaryl/α,β-unsaturated/α-hetero) is 1. The van der Waals surface area contributed by atoms with E-state index in [1.807, 2.05) is 12.1 Å². The van der Waals surface area contributed by atoms with Gasteiger partial charge in [0, 0.05) is 29.0 Å². The summed E-state index contributed by atoms with van der Waals surface area (Å²) < 4.78 is 4.49. The summed E-state index contributed by atoms with van der Waals surface area (Å²) in [7, 11) is 0. The molecule has 1 aromatic carbocycles. The molecule has 4 rings (SSSR count). The third kappa shape index (κ3) is 2.72. The van der Waals surface area contributed by atoms with Gasteiger partial charge in [-0.2, -0.15) is 0 Å². The maximum atomic E-state index is 12.6. The van der Waals surface area contributed by atoms with Crippen molar-refractivity contribution in [3.63, 3.8) is 0 Å². The van der Waals surface area contributed by atoms with E-state index >= 15 is 0 Å². The minimum atomic E-state index is -0.587. The number of hydrogen-bond donors (Lipinski definition) is 2. The highest BCUT2D eigenvalue weighted by atomic mass is 35.5. The number of H-pyrrole nitrogens is 1. The van der Waals surface area contributed by atoms with E-state index in [1.54, 1.807) is 6.07 Å². The van der Waals surface area contributed by atoms with E-state index in [-0.39, 0.29) is 17.6 Å². The first kappa shape index (κ1) is 14.7. The van der Waals surface area contributed by atoms with E-state index in [9.17, 15) is 9.59 Å². The molecule has 1 aliphatic carbocycles. The van der Waals surface area contributed by atoms with Crippen LogP contribution in [0.1, 0.15) is 46.4 Å². The van der Waals surface area contributed by atoms with Gasteiger partial charge in [-0.15, -0.1) is 0 Å². The Morgan fingerprint density at radius 1 is 1.39 bits per heavy atom. The van der Waals surface area contributed by atoms with E-state index in [2.05, 4.69) is 20.0 Å². The molecule has 7 heteroatoms. The number of rotatable bonds is 4. The standard InChI is InChI=1S/C16H16ClN3O3/c17-13-5-8(1-2-10(13)9-3-4-18-7-9)14(21)11-6-12(11)15-19-16(22)23-20-15/h1-2,5,9,11-12,18H,3-4,6-7H2,(H,19,20,22). The fourth-order valence-electron chi connectivity index (χ4n) is 3.33. The van der Waals surface area contributed by atoms with Crippen LogP contribution in [0.2, 0.25) is 5.02 Å². The van der Waals surface area contributed by atoms with Crippen molar-refractivity contribution in [3.05, 3.63) is 50.7 Å². The Labute approximate surface area is 137 Å². The quantitative estimate of drug-likeness (QED) is 0.836. The van der Waals surface area contributed by atoms with Crippen LogP contribution in [0, 0.1) is 5.92 Å². The second kappa shape index (κ2) is 5.62. The Kier molecular flexibility index (Phi) is 3.58. The van der Waals surface area contributed by atoms with E-state index in [1.165, 1.54) is 0 Å². The maximum absolute atomic E-state index is 12.6. The van der Waals surface area contributed by atoms with Crippen molar-refractivity contribution < 1.29 is 9.32 Å². The predicted octanol–water partition coefficient (Wildman–Crippen LogP) is 2.08. The summed E-state index contributed by atoms with van der Waals surface area (Å²) in [6.45, 7) is 1.93. The van der Waals surface area contributed by atoms with Crippen molar-refractivity contribution in [1.29, 1.82) is 0 Å². The van der Waals surface area contributed by atoms with Crippen LogP contribution in [0.3, 0.4) is 0 Å². The van der Waals surface area contributed by atoms with Gasteiger partial charge in [0.1, 0.15) is 0 Å². The van der Waals surface area contributed by atoms with E-state index < -0.39 is 5.76 Å². The Morgan fingerprint density at radius 2 is 2.26 bits per heavy atom. The molecule has 2 aromatic rings. The van der Waals surface area contributed by atoms with Crippen LogP contribution in [0.4, 0.5) is 0 Å². The Balaban J connectivity index is 1.51. The van der Waals surface area contributed by atoms with Gasteiger partial charge < -0.3 is 5.32 Å². The molecule has 3 unspecified atom stereocenters. The number of benzene rings is 1. The predicted molar refractivity (Wildman–Crippen MR) is 84.0 cm³/mol. The number of nitrogens with zero attached hydrogens (tertiary/aromatic N) is 1. The minimum absolute atomic E-state index is 0.0387. The van der Waals surface area contributed by atoms with Crippen LogP contribution in [0.25, 0.3) is 0 Å². The van der Waals surface area contributed by atoms with Gasteiger partial charge in [0.2, 0.25) is 0 Å². The zero-order valence-electron chi connectivity index (χ0n) is 12.3. The van der Waals surface area contributed by atoms with Gasteiger partial charge in [-0.1, -0.05) is 28.9 Å². The van der Waals surface area contributed by atoms with Gasteiger partial charge in [-0.05, 0) is 36.9 Å². The average Bonchev–Trinajstić information content (AvgIpc) is 2.94. The molecule has 2 aliphatic rings. The van der Waals surface area contributed by atoms with Crippen molar-refractivity contribution in [3.8, 4) is 0 Å². The molecule has 2 heterocycles. The second-order valence-corrected chi connectivity index (χ2v) is 6.63. The van der Waals surface area contributed by atoms with Crippen LogP contribution in [0.5, 0.6) is 0 Å². The van der Waals surface area contributed by atoms with Crippen LogP contribution in [-0.2, 0) is 0 Å². The summed E-state index contributed by atoms with van der Waals surface area (Å²) in [5.74, 6) is 0.0957. The first-order valence-corrected chi connectivity index (χ1v) is 8.11. The van der Waals surface area contributed by atoms with Crippen LogP contribution in [0.15, 0.2) is 27.5 Å². The van der Waals surface area contributed by atoms with Gasteiger partial charge >= 0.3 is 5.76 Å². The number of halogens is 1. The monoisotopic (exact) mass is 333 g/mol. The van der Waals surface area contributed by atoms with Crippen molar-refractivity contribution in [1.82, 2.24) is 15.5 Å². The maximum Gasteiger partial charge on any atom is 0.438 e. The fourth-order valence-corrected chi connectivity index (χ4v) is 3.67. The lowest BCUT2D eigenvalue weighted by atomic mass is 9.95. The molecule has 3 atom stereocenters. The van der Waals surface area contributed by atoms with Crippen LogP contribution < -0.4 is 11.1 Å². The SMILES string of the molecule is O=C(c1ccc(C2CCNC2)c(Cl)c1)C1CC1c1noc(=O)[nH]1. The molecule has 1 aromatic heterocycles. The molecule has 1 saturated heterocycles. The number of ketones is 1. The number of carbonyl (C=O) groups is 1.